The van der Waals surface area contributed by atoms with Gasteiger partial charge in [0.05, 0.1) is 0 Å². The minimum Gasteiger partial charge on any atom is -0.385 e. The fraction of sp³-hybridized carbons (Fsp3) is 0.333. The summed E-state index contributed by atoms with van der Waals surface area (Å²) in [5.74, 6) is 0. The summed E-state index contributed by atoms with van der Waals surface area (Å²) in [7, 11) is 0. The maximum Gasteiger partial charge on any atom is 0.0400 e. The molecule has 0 bridgehead atoms. The first-order valence-electron chi connectivity index (χ1n) is 4.55. The zero-order valence-electron chi connectivity index (χ0n) is 8.65. The minimum absolute atomic E-state index is 0.876. The first-order valence-corrected chi connectivity index (χ1v) is 4.55. The number of rotatable bonds is 3. The summed E-state index contributed by atoms with van der Waals surface area (Å²) < 4.78 is 0. The van der Waals surface area contributed by atoms with Crippen LogP contribution in [0.4, 0.5) is 0 Å². The third kappa shape index (κ3) is 2.94. The Bertz CT molecular complexity index is 313. The summed E-state index contributed by atoms with van der Waals surface area (Å²) in [6.45, 7) is 10.9. The molecule has 0 saturated heterocycles. The van der Waals surface area contributed by atoms with Crippen molar-refractivity contribution in [2.45, 2.75) is 27.3 Å². The molecule has 0 aliphatic rings. The van der Waals surface area contributed by atoms with Gasteiger partial charge in [-0.15, -0.1) is 0 Å². The Morgan fingerprint density at radius 1 is 1.38 bits per heavy atom. The van der Waals surface area contributed by atoms with Gasteiger partial charge in [0.25, 0.3) is 0 Å². The van der Waals surface area contributed by atoms with Crippen LogP contribution in [0.15, 0.2) is 30.5 Å². The van der Waals surface area contributed by atoms with E-state index >= 15 is 0 Å². The van der Waals surface area contributed by atoms with Crippen LogP contribution in [0.5, 0.6) is 0 Å². The Kier molecular flexibility index (Phi) is 3.13. The van der Waals surface area contributed by atoms with Crippen LogP contribution in [0.25, 0.3) is 0 Å². The summed E-state index contributed by atoms with van der Waals surface area (Å²) in [5.41, 5.74) is 5.01. The van der Waals surface area contributed by atoms with Gasteiger partial charge in [0.15, 0.2) is 0 Å². The molecular formula is C12H17N. The van der Waals surface area contributed by atoms with Gasteiger partial charge in [-0.05, 0) is 31.9 Å². The van der Waals surface area contributed by atoms with Crippen LogP contribution in [0.2, 0.25) is 0 Å². The fourth-order valence-corrected chi connectivity index (χ4v) is 1.29. The molecule has 1 aromatic carbocycles. The lowest BCUT2D eigenvalue weighted by atomic mass is 10.1. The lowest BCUT2D eigenvalue weighted by Gasteiger charge is -2.08. The molecule has 0 atom stereocenters. The Balaban J connectivity index is 2.72. The summed E-state index contributed by atoms with van der Waals surface area (Å²) in [5, 5.41) is 3.23. The van der Waals surface area contributed by atoms with Crippen LogP contribution in [0.1, 0.15) is 23.6 Å². The average molecular weight is 175 g/mol. The first kappa shape index (κ1) is 9.85. The van der Waals surface area contributed by atoms with Crippen molar-refractivity contribution in [2.75, 3.05) is 0 Å². The van der Waals surface area contributed by atoms with E-state index in [1.165, 1.54) is 16.7 Å². The molecule has 1 heteroatoms. The second kappa shape index (κ2) is 4.13. The van der Waals surface area contributed by atoms with Crippen molar-refractivity contribution in [3.8, 4) is 0 Å². The molecule has 0 fully saturated rings. The molecule has 13 heavy (non-hydrogen) atoms. The number of hydrogen-bond acceptors (Lipinski definition) is 1. The van der Waals surface area contributed by atoms with Crippen LogP contribution < -0.4 is 5.32 Å². The van der Waals surface area contributed by atoms with Gasteiger partial charge in [0.1, 0.15) is 0 Å². The van der Waals surface area contributed by atoms with Crippen LogP contribution in [-0.4, -0.2) is 0 Å². The molecule has 0 heterocycles. The van der Waals surface area contributed by atoms with Gasteiger partial charge in [-0.2, -0.15) is 0 Å². The van der Waals surface area contributed by atoms with E-state index in [-0.39, 0.29) is 0 Å². The Morgan fingerprint density at radius 2 is 2.08 bits per heavy atom. The van der Waals surface area contributed by atoms with Crippen molar-refractivity contribution in [1.29, 1.82) is 0 Å². The molecule has 0 radical (unpaired) electrons. The van der Waals surface area contributed by atoms with Crippen molar-refractivity contribution in [3.05, 3.63) is 47.2 Å². The van der Waals surface area contributed by atoms with E-state index in [1.54, 1.807) is 0 Å². The van der Waals surface area contributed by atoms with E-state index < -0.39 is 0 Å². The molecule has 0 unspecified atom stereocenters. The Morgan fingerprint density at radius 3 is 2.62 bits per heavy atom. The van der Waals surface area contributed by atoms with Crippen molar-refractivity contribution < 1.29 is 0 Å². The summed E-state index contributed by atoms with van der Waals surface area (Å²) in [6, 6.07) is 6.51. The van der Waals surface area contributed by atoms with Crippen molar-refractivity contribution >= 4 is 0 Å². The second-order valence-electron chi connectivity index (χ2n) is 3.56. The molecule has 0 spiro atoms. The fourth-order valence-electron chi connectivity index (χ4n) is 1.29. The smallest absolute Gasteiger partial charge is 0.0400 e. The lowest BCUT2D eigenvalue weighted by molar-refractivity contribution is 0.810. The Labute approximate surface area is 80.5 Å². The normalized spacial score (nSPS) is 9.77. The Hall–Kier alpha value is -1.24. The third-order valence-corrected chi connectivity index (χ3v) is 2.08. The van der Waals surface area contributed by atoms with Crippen molar-refractivity contribution in [2.24, 2.45) is 0 Å². The lowest BCUT2D eigenvalue weighted by Crippen LogP contribution is -2.10. The predicted octanol–water partition coefficient (Wildman–Crippen LogP) is 2.93. The maximum absolute atomic E-state index is 3.81. The molecule has 0 amide bonds. The summed E-state index contributed by atoms with van der Waals surface area (Å²) in [6.07, 6.45) is 0. The van der Waals surface area contributed by atoms with Crippen LogP contribution >= 0.6 is 0 Å². The number of allylic oxidation sites excluding steroid dienone is 1. The molecule has 0 aromatic heterocycles. The number of hydrogen-bond donors (Lipinski definition) is 1. The quantitative estimate of drug-likeness (QED) is 0.744. The third-order valence-electron chi connectivity index (χ3n) is 2.08. The van der Waals surface area contributed by atoms with Gasteiger partial charge in [-0.1, -0.05) is 30.3 Å². The summed E-state index contributed by atoms with van der Waals surface area (Å²) in [4.78, 5) is 0. The number of nitrogens with one attached hydrogen (secondary N) is 1. The summed E-state index contributed by atoms with van der Waals surface area (Å²) >= 11 is 0. The monoisotopic (exact) mass is 175 g/mol. The molecule has 0 aliphatic carbocycles. The van der Waals surface area contributed by atoms with E-state index in [0.717, 1.165) is 12.2 Å². The highest BCUT2D eigenvalue weighted by Crippen LogP contribution is 2.10. The zero-order chi connectivity index (χ0) is 9.84. The predicted molar refractivity (Wildman–Crippen MR) is 57.6 cm³/mol. The minimum atomic E-state index is 0.876. The molecule has 1 rings (SSSR count). The average Bonchev–Trinajstić information content (AvgIpc) is 2.02. The topological polar surface area (TPSA) is 12.0 Å². The number of aryl methyl sites for hydroxylation is 2. The molecular weight excluding hydrogens is 158 g/mol. The molecule has 1 N–H and O–H groups in total. The van der Waals surface area contributed by atoms with Gasteiger partial charge >= 0.3 is 0 Å². The molecule has 0 aliphatic heterocycles. The van der Waals surface area contributed by atoms with Crippen molar-refractivity contribution in [3.63, 3.8) is 0 Å². The van der Waals surface area contributed by atoms with Crippen LogP contribution in [0.3, 0.4) is 0 Å². The highest BCUT2D eigenvalue weighted by atomic mass is 14.9. The van der Waals surface area contributed by atoms with E-state index in [4.69, 9.17) is 0 Å². The van der Waals surface area contributed by atoms with E-state index in [9.17, 15) is 0 Å². The van der Waals surface area contributed by atoms with Crippen molar-refractivity contribution in [1.82, 2.24) is 5.32 Å². The second-order valence-corrected chi connectivity index (χ2v) is 3.56. The van der Waals surface area contributed by atoms with E-state index in [1.807, 2.05) is 6.92 Å². The molecule has 70 valence electrons. The number of benzene rings is 1. The highest BCUT2D eigenvalue weighted by molar-refractivity contribution is 5.30. The van der Waals surface area contributed by atoms with Gasteiger partial charge in [0, 0.05) is 12.2 Å². The molecule has 1 aromatic rings. The van der Waals surface area contributed by atoms with Gasteiger partial charge in [-0.25, -0.2) is 0 Å². The highest BCUT2D eigenvalue weighted by Gasteiger charge is 1.97. The molecule has 1 nitrogen and oxygen atoms in total. The maximum atomic E-state index is 3.81. The molecule has 0 saturated carbocycles. The SMILES string of the molecule is C=C(C)NCc1ccc(C)cc1C. The van der Waals surface area contributed by atoms with E-state index in [0.29, 0.717) is 0 Å². The van der Waals surface area contributed by atoms with Gasteiger partial charge in [0.2, 0.25) is 0 Å². The van der Waals surface area contributed by atoms with Gasteiger partial charge < -0.3 is 5.32 Å². The van der Waals surface area contributed by atoms with Crippen LogP contribution in [0, 0.1) is 13.8 Å². The largest absolute Gasteiger partial charge is 0.385 e. The first-order chi connectivity index (χ1) is 6.09. The van der Waals surface area contributed by atoms with Crippen LogP contribution in [-0.2, 0) is 6.54 Å². The standard InChI is InChI=1S/C12H17N/c1-9(2)13-8-12-6-5-10(3)7-11(12)4/h5-7,13H,1,8H2,2-4H3. The van der Waals surface area contributed by atoms with E-state index in [2.05, 4.69) is 43.9 Å². The van der Waals surface area contributed by atoms with Gasteiger partial charge in [-0.3, -0.25) is 0 Å². The zero-order valence-corrected chi connectivity index (χ0v) is 8.65.